The lowest BCUT2D eigenvalue weighted by molar-refractivity contribution is -0.131. The molecule has 24 heavy (non-hydrogen) atoms. The third kappa shape index (κ3) is 4.50. The van der Waals surface area contributed by atoms with Crippen LogP contribution in [0.4, 0.5) is 5.69 Å². The third-order valence-corrected chi connectivity index (χ3v) is 4.71. The van der Waals surface area contributed by atoms with Crippen molar-refractivity contribution in [3.63, 3.8) is 0 Å². The van der Waals surface area contributed by atoms with E-state index in [9.17, 15) is 13.2 Å². The number of hydrogen-bond donors (Lipinski definition) is 2. The summed E-state index contributed by atoms with van der Waals surface area (Å²) >= 11 is 5.97. The Morgan fingerprint density at radius 2 is 1.88 bits per heavy atom. The summed E-state index contributed by atoms with van der Waals surface area (Å²) < 4.78 is 32.1. The van der Waals surface area contributed by atoms with Crippen molar-refractivity contribution >= 4 is 39.4 Å². The minimum atomic E-state index is -3.79. The van der Waals surface area contributed by atoms with Gasteiger partial charge in [0.15, 0.2) is 0 Å². The number of carbonyl (C=O) groups is 1. The average Bonchev–Trinajstić information content (AvgIpc) is 2.53. The van der Waals surface area contributed by atoms with Crippen LogP contribution >= 0.6 is 11.6 Å². The fraction of sp³-hybridized carbons (Fsp3) is 0.0625. The van der Waals surface area contributed by atoms with Gasteiger partial charge in [0.2, 0.25) is 0 Å². The highest BCUT2D eigenvalue weighted by Crippen LogP contribution is 2.28. The van der Waals surface area contributed by atoms with Gasteiger partial charge in [-0.05, 0) is 42.0 Å². The number of methoxy groups -OCH3 is 1. The highest BCUT2D eigenvalue weighted by atomic mass is 35.5. The van der Waals surface area contributed by atoms with Crippen LogP contribution in [0.5, 0.6) is 5.75 Å². The van der Waals surface area contributed by atoms with E-state index in [0.717, 1.165) is 6.08 Å². The molecule has 6 nitrogen and oxygen atoms in total. The number of anilines is 1. The summed E-state index contributed by atoms with van der Waals surface area (Å²) in [5, 5.41) is 8.85. The van der Waals surface area contributed by atoms with Crippen LogP contribution in [0.15, 0.2) is 53.4 Å². The molecule has 0 saturated carbocycles. The zero-order valence-corrected chi connectivity index (χ0v) is 14.1. The van der Waals surface area contributed by atoms with Gasteiger partial charge in [-0.3, -0.25) is 4.72 Å². The highest BCUT2D eigenvalue weighted by molar-refractivity contribution is 7.92. The summed E-state index contributed by atoms with van der Waals surface area (Å²) in [5.41, 5.74) is 0.875. The van der Waals surface area contributed by atoms with Gasteiger partial charge in [0.1, 0.15) is 5.75 Å². The van der Waals surface area contributed by atoms with Crippen LogP contribution in [-0.2, 0) is 14.8 Å². The van der Waals surface area contributed by atoms with Gasteiger partial charge >= 0.3 is 5.97 Å². The van der Waals surface area contributed by atoms with Crippen LogP contribution in [-0.4, -0.2) is 26.6 Å². The van der Waals surface area contributed by atoms with Crippen LogP contribution in [0, 0.1) is 0 Å². The maximum absolute atomic E-state index is 12.3. The van der Waals surface area contributed by atoms with Crippen molar-refractivity contribution in [2.75, 3.05) is 11.8 Å². The van der Waals surface area contributed by atoms with Gasteiger partial charge in [0, 0.05) is 6.08 Å². The van der Waals surface area contributed by atoms with Gasteiger partial charge in [0.05, 0.1) is 22.7 Å². The van der Waals surface area contributed by atoms with E-state index in [0.29, 0.717) is 17.0 Å². The Kier molecular flexibility index (Phi) is 5.48. The van der Waals surface area contributed by atoms with E-state index in [-0.39, 0.29) is 9.92 Å². The maximum atomic E-state index is 12.3. The molecule has 2 N–H and O–H groups in total. The van der Waals surface area contributed by atoms with Gasteiger partial charge in [-0.2, -0.15) is 0 Å². The largest absolute Gasteiger partial charge is 0.495 e. The number of benzene rings is 2. The molecule has 0 amide bonds. The monoisotopic (exact) mass is 367 g/mol. The van der Waals surface area contributed by atoms with E-state index in [4.69, 9.17) is 21.4 Å². The van der Waals surface area contributed by atoms with Crippen molar-refractivity contribution in [1.29, 1.82) is 0 Å². The van der Waals surface area contributed by atoms with Crippen molar-refractivity contribution in [3.05, 3.63) is 59.1 Å². The quantitative estimate of drug-likeness (QED) is 0.764. The molecule has 0 fully saturated rings. The minimum absolute atomic E-state index is 0.0434. The van der Waals surface area contributed by atoms with Gasteiger partial charge in [-0.15, -0.1) is 0 Å². The van der Waals surface area contributed by atoms with E-state index >= 15 is 0 Å². The number of sulfonamides is 1. The Labute approximate surface area is 144 Å². The van der Waals surface area contributed by atoms with E-state index in [2.05, 4.69) is 4.72 Å². The Hall–Kier alpha value is -2.51. The summed E-state index contributed by atoms with van der Waals surface area (Å²) in [7, 11) is -2.32. The smallest absolute Gasteiger partial charge is 0.328 e. The van der Waals surface area contributed by atoms with Crippen molar-refractivity contribution in [2.45, 2.75) is 4.90 Å². The molecule has 0 saturated heterocycles. The molecule has 2 aromatic carbocycles. The van der Waals surface area contributed by atoms with Crippen LogP contribution < -0.4 is 9.46 Å². The lowest BCUT2D eigenvalue weighted by atomic mass is 10.2. The standard InChI is InChI=1S/C16H14ClNO5S/c1-23-15-8-5-12(10-14(15)17)18-24(21,22)13-6-2-11(3-7-13)4-9-16(19)20/h2-10,18H,1H3,(H,19,20)/b9-4+. The van der Waals surface area contributed by atoms with Gasteiger partial charge in [-0.25, -0.2) is 13.2 Å². The summed E-state index contributed by atoms with van der Waals surface area (Å²) in [4.78, 5) is 10.5. The molecule has 0 radical (unpaired) electrons. The summed E-state index contributed by atoms with van der Waals surface area (Å²) in [6, 6.07) is 10.3. The van der Waals surface area contributed by atoms with Crippen molar-refractivity contribution in [1.82, 2.24) is 0 Å². The molecule has 126 valence electrons. The summed E-state index contributed by atoms with van der Waals surface area (Å²) in [6.45, 7) is 0. The van der Waals surface area contributed by atoms with Gasteiger partial charge < -0.3 is 9.84 Å². The molecule has 0 unspecified atom stereocenters. The Morgan fingerprint density at radius 3 is 2.42 bits per heavy atom. The SMILES string of the molecule is COc1ccc(NS(=O)(=O)c2ccc(/C=C/C(=O)O)cc2)cc1Cl. The average molecular weight is 368 g/mol. The van der Waals surface area contributed by atoms with Crippen LogP contribution in [0.3, 0.4) is 0 Å². The van der Waals surface area contributed by atoms with Gasteiger partial charge in [-0.1, -0.05) is 23.7 Å². The zero-order chi connectivity index (χ0) is 17.7. The van der Waals surface area contributed by atoms with Crippen molar-refractivity contribution in [3.8, 4) is 5.75 Å². The van der Waals surface area contributed by atoms with Crippen molar-refractivity contribution < 1.29 is 23.1 Å². The van der Waals surface area contributed by atoms with E-state index < -0.39 is 16.0 Å². The fourth-order valence-electron chi connectivity index (χ4n) is 1.87. The highest BCUT2D eigenvalue weighted by Gasteiger charge is 2.14. The maximum Gasteiger partial charge on any atom is 0.328 e. The molecule has 8 heteroatoms. The second-order valence-electron chi connectivity index (χ2n) is 4.70. The molecular weight excluding hydrogens is 354 g/mol. The van der Waals surface area contributed by atoms with Crippen molar-refractivity contribution in [2.24, 2.45) is 0 Å². The number of rotatable bonds is 6. The first-order valence-corrected chi connectivity index (χ1v) is 8.55. The number of hydrogen-bond acceptors (Lipinski definition) is 4. The molecule has 2 aromatic rings. The van der Waals surface area contributed by atoms with Crippen LogP contribution in [0.1, 0.15) is 5.56 Å². The molecule has 0 heterocycles. The number of ether oxygens (including phenoxy) is 1. The van der Waals surface area contributed by atoms with Crippen LogP contribution in [0.25, 0.3) is 6.08 Å². The molecule has 0 aliphatic heterocycles. The molecule has 0 bridgehead atoms. The Bertz CT molecular complexity index is 876. The number of halogens is 1. The molecule has 0 aromatic heterocycles. The number of nitrogens with one attached hydrogen (secondary N) is 1. The first-order chi connectivity index (χ1) is 11.3. The number of carboxylic acids is 1. The second-order valence-corrected chi connectivity index (χ2v) is 6.79. The summed E-state index contributed by atoms with van der Waals surface area (Å²) in [5.74, 6) is -0.640. The molecule has 2 rings (SSSR count). The first kappa shape index (κ1) is 17.8. The number of aliphatic carboxylic acids is 1. The Morgan fingerprint density at radius 1 is 1.21 bits per heavy atom. The molecule has 0 aliphatic rings. The fourth-order valence-corrected chi connectivity index (χ4v) is 3.18. The first-order valence-electron chi connectivity index (χ1n) is 6.69. The minimum Gasteiger partial charge on any atom is -0.495 e. The van der Waals surface area contributed by atoms with E-state index in [1.165, 1.54) is 49.6 Å². The molecule has 0 spiro atoms. The second kappa shape index (κ2) is 7.37. The number of carboxylic acid groups (broad SMARTS) is 1. The molecule has 0 aliphatic carbocycles. The van der Waals surface area contributed by atoms with Gasteiger partial charge in [0.25, 0.3) is 10.0 Å². The summed E-state index contributed by atoms with van der Waals surface area (Å²) in [6.07, 6.45) is 2.34. The normalized spacial score (nSPS) is 11.4. The zero-order valence-electron chi connectivity index (χ0n) is 12.6. The lowest BCUT2D eigenvalue weighted by Crippen LogP contribution is -2.12. The Balaban J connectivity index is 2.21. The molecule has 0 atom stereocenters. The van der Waals surface area contributed by atoms with Crippen LogP contribution in [0.2, 0.25) is 5.02 Å². The predicted molar refractivity (Wildman–Crippen MR) is 91.9 cm³/mol. The third-order valence-electron chi connectivity index (χ3n) is 3.01. The molecular formula is C16H14ClNO5S. The van der Waals surface area contributed by atoms with E-state index in [1.54, 1.807) is 6.07 Å². The predicted octanol–water partition coefficient (Wildman–Crippen LogP) is 3.25. The lowest BCUT2D eigenvalue weighted by Gasteiger charge is -2.10. The van der Waals surface area contributed by atoms with E-state index in [1.807, 2.05) is 0 Å². The topological polar surface area (TPSA) is 92.7 Å².